The van der Waals surface area contributed by atoms with Gasteiger partial charge in [-0.15, -0.1) is 0 Å². The van der Waals surface area contributed by atoms with E-state index in [4.69, 9.17) is 15.2 Å². The van der Waals surface area contributed by atoms with Gasteiger partial charge in [0.2, 0.25) is 5.91 Å². The van der Waals surface area contributed by atoms with E-state index in [9.17, 15) is 19.5 Å². The van der Waals surface area contributed by atoms with Gasteiger partial charge in [0.15, 0.2) is 0 Å². The van der Waals surface area contributed by atoms with E-state index in [1.165, 1.54) is 13.5 Å². The molecule has 0 aliphatic heterocycles. The molecule has 0 heterocycles. The van der Waals surface area contributed by atoms with Gasteiger partial charge in [-0.2, -0.15) is 0 Å². The molecule has 9 heteroatoms. The maximum absolute atomic E-state index is 12.1. The minimum absolute atomic E-state index is 0.0524. The second-order valence-corrected chi connectivity index (χ2v) is 9.52. The summed E-state index contributed by atoms with van der Waals surface area (Å²) in [6.07, 6.45) is 11.2. The van der Waals surface area contributed by atoms with Gasteiger partial charge in [0.05, 0.1) is 7.11 Å². The summed E-state index contributed by atoms with van der Waals surface area (Å²) in [7, 11) is 1.31. The summed E-state index contributed by atoms with van der Waals surface area (Å²) >= 11 is 0. The summed E-state index contributed by atoms with van der Waals surface area (Å²) in [5.74, 6) is -0.303. The Morgan fingerprint density at radius 2 is 1.67 bits per heavy atom. The first-order valence-corrected chi connectivity index (χ1v) is 12.7. The molecule has 0 bridgehead atoms. The first kappa shape index (κ1) is 27.4. The second-order valence-electron chi connectivity index (χ2n) is 9.52. The van der Waals surface area contributed by atoms with Crippen LogP contribution in [0.4, 0.5) is 4.79 Å². The molecule has 3 unspecified atom stereocenters. The van der Waals surface area contributed by atoms with Crippen molar-refractivity contribution < 1.29 is 29.0 Å². The largest absolute Gasteiger partial charge is 0.467 e. The van der Waals surface area contributed by atoms with E-state index in [2.05, 4.69) is 10.6 Å². The SMILES string of the molecule is COC(=O)C(CCCCCCCNC(=O)C(O)C(N)CC1CCC1)NC(=O)OC1CCCC1. The normalized spacial score (nSPS) is 19.2. The van der Waals surface area contributed by atoms with Crippen LogP contribution in [0.3, 0.4) is 0 Å². The van der Waals surface area contributed by atoms with Crippen LogP contribution in [0.2, 0.25) is 0 Å². The van der Waals surface area contributed by atoms with E-state index in [1.54, 1.807) is 0 Å². The number of carbonyl (C=O) groups is 3. The molecule has 0 aromatic rings. The number of ether oxygens (including phenoxy) is 2. The Hall–Kier alpha value is -1.87. The molecule has 0 saturated heterocycles. The quantitative estimate of drug-likeness (QED) is 0.213. The molecule has 0 aromatic heterocycles. The highest BCUT2D eigenvalue weighted by molar-refractivity contribution is 5.81. The number of aliphatic hydroxyl groups is 1. The summed E-state index contributed by atoms with van der Waals surface area (Å²) < 4.78 is 10.2. The third-order valence-corrected chi connectivity index (χ3v) is 6.83. The van der Waals surface area contributed by atoms with Crippen LogP contribution < -0.4 is 16.4 Å². The monoisotopic (exact) mass is 469 g/mol. The predicted molar refractivity (Wildman–Crippen MR) is 124 cm³/mol. The van der Waals surface area contributed by atoms with E-state index < -0.39 is 36.2 Å². The number of rotatable bonds is 15. The number of methoxy groups -OCH3 is 1. The van der Waals surface area contributed by atoms with Crippen LogP contribution in [0.15, 0.2) is 0 Å². The molecule has 2 aliphatic rings. The minimum atomic E-state index is -1.14. The smallest absolute Gasteiger partial charge is 0.408 e. The molecule has 190 valence electrons. The molecule has 2 fully saturated rings. The van der Waals surface area contributed by atoms with Crippen molar-refractivity contribution >= 4 is 18.0 Å². The van der Waals surface area contributed by atoms with Gasteiger partial charge in [-0.1, -0.05) is 44.9 Å². The van der Waals surface area contributed by atoms with Gasteiger partial charge < -0.3 is 30.9 Å². The molecule has 5 N–H and O–H groups in total. The van der Waals surface area contributed by atoms with Crippen LogP contribution in [0.25, 0.3) is 0 Å². The molecule has 0 spiro atoms. The van der Waals surface area contributed by atoms with Crippen molar-refractivity contribution in [3.8, 4) is 0 Å². The lowest BCUT2D eigenvalue weighted by molar-refractivity contribution is -0.143. The lowest BCUT2D eigenvalue weighted by Crippen LogP contribution is -2.47. The average Bonchev–Trinajstić information content (AvgIpc) is 3.28. The van der Waals surface area contributed by atoms with Crippen LogP contribution in [-0.4, -0.2) is 61.0 Å². The highest BCUT2D eigenvalue weighted by atomic mass is 16.6. The molecule has 2 amide bonds. The van der Waals surface area contributed by atoms with Gasteiger partial charge in [-0.25, -0.2) is 9.59 Å². The first-order valence-electron chi connectivity index (χ1n) is 12.7. The third-order valence-electron chi connectivity index (χ3n) is 6.83. The third kappa shape index (κ3) is 10.3. The Morgan fingerprint density at radius 3 is 2.30 bits per heavy atom. The van der Waals surface area contributed by atoms with Gasteiger partial charge >= 0.3 is 12.1 Å². The standard InChI is InChI=1S/C24H43N3O6/c1-32-23(30)20(27-24(31)33-18-12-6-7-13-18)14-5-3-2-4-8-15-26-22(29)21(28)19(25)16-17-10-9-11-17/h17-21,28H,2-16,25H2,1H3,(H,26,29)(H,27,31). The van der Waals surface area contributed by atoms with Crippen molar-refractivity contribution in [3.63, 3.8) is 0 Å². The average molecular weight is 470 g/mol. The van der Waals surface area contributed by atoms with Gasteiger partial charge in [0, 0.05) is 12.6 Å². The van der Waals surface area contributed by atoms with Crippen molar-refractivity contribution in [1.82, 2.24) is 10.6 Å². The Kier molecular flexibility index (Phi) is 12.5. The molecule has 2 saturated carbocycles. The van der Waals surface area contributed by atoms with E-state index in [0.29, 0.717) is 25.3 Å². The zero-order valence-electron chi connectivity index (χ0n) is 20.1. The van der Waals surface area contributed by atoms with Gasteiger partial charge in [-0.3, -0.25) is 4.79 Å². The Labute approximate surface area is 197 Å². The summed E-state index contributed by atoms with van der Waals surface area (Å²) in [4.78, 5) is 36.1. The predicted octanol–water partition coefficient (Wildman–Crippen LogP) is 2.53. The molecule has 2 rings (SSSR count). The number of amides is 2. The molecule has 9 nitrogen and oxygen atoms in total. The van der Waals surface area contributed by atoms with Crippen LogP contribution in [0.5, 0.6) is 0 Å². The maximum atomic E-state index is 12.1. The van der Waals surface area contributed by atoms with Gasteiger partial charge in [0.1, 0.15) is 18.2 Å². The number of hydrogen-bond donors (Lipinski definition) is 4. The number of esters is 1. The van der Waals surface area contributed by atoms with Crippen molar-refractivity contribution in [2.24, 2.45) is 11.7 Å². The van der Waals surface area contributed by atoms with Crippen molar-refractivity contribution in [3.05, 3.63) is 0 Å². The number of hydrogen-bond acceptors (Lipinski definition) is 7. The van der Waals surface area contributed by atoms with E-state index >= 15 is 0 Å². The molecule has 3 atom stereocenters. The fraction of sp³-hybridized carbons (Fsp3) is 0.875. The Morgan fingerprint density at radius 1 is 1.00 bits per heavy atom. The van der Waals surface area contributed by atoms with Crippen LogP contribution in [-0.2, 0) is 19.1 Å². The molecule has 33 heavy (non-hydrogen) atoms. The van der Waals surface area contributed by atoms with E-state index in [1.807, 2.05) is 0 Å². The fourth-order valence-corrected chi connectivity index (χ4v) is 4.48. The van der Waals surface area contributed by atoms with Crippen LogP contribution in [0, 0.1) is 5.92 Å². The van der Waals surface area contributed by atoms with Gasteiger partial charge in [-0.05, 0) is 50.9 Å². The summed E-state index contributed by atoms with van der Waals surface area (Å²) in [6, 6.07) is -1.20. The summed E-state index contributed by atoms with van der Waals surface area (Å²) in [6.45, 7) is 0.505. The van der Waals surface area contributed by atoms with Crippen LogP contribution in [0.1, 0.15) is 89.9 Å². The highest BCUT2D eigenvalue weighted by Gasteiger charge is 2.28. The minimum Gasteiger partial charge on any atom is -0.467 e. The zero-order chi connectivity index (χ0) is 24.1. The number of carbonyl (C=O) groups excluding carboxylic acids is 3. The molecule has 0 aromatic carbocycles. The van der Waals surface area contributed by atoms with Crippen LogP contribution >= 0.6 is 0 Å². The van der Waals surface area contributed by atoms with Crippen molar-refractivity contribution in [2.75, 3.05) is 13.7 Å². The van der Waals surface area contributed by atoms with Crippen molar-refractivity contribution in [2.45, 2.75) is 114 Å². The fourth-order valence-electron chi connectivity index (χ4n) is 4.48. The number of nitrogens with one attached hydrogen (secondary N) is 2. The van der Waals surface area contributed by atoms with Gasteiger partial charge in [0.25, 0.3) is 0 Å². The van der Waals surface area contributed by atoms with E-state index in [0.717, 1.165) is 70.6 Å². The summed E-state index contributed by atoms with van der Waals surface area (Å²) in [5, 5.41) is 15.5. The molecular weight excluding hydrogens is 426 g/mol. The maximum Gasteiger partial charge on any atom is 0.408 e. The number of aliphatic hydroxyl groups excluding tert-OH is 1. The summed E-state index contributed by atoms with van der Waals surface area (Å²) in [5.41, 5.74) is 5.96. The molecule has 0 radical (unpaired) electrons. The zero-order valence-corrected chi connectivity index (χ0v) is 20.1. The van der Waals surface area contributed by atoms with Crippen molar-refractivity contribution in [1.29, 1.82) is 0 Å². The molecular formula is C24H43N3O6. The lowest BCUT2D eigenvalue weighted by Gasteiger charge is -2.29. The molecule has 2 aliphatic carbocycles. The number of unbranched alkanes of at least 4 members (excludes halogenated alkanes) is 4. The Bertz CT molecular complexity index is 607. The Balaban J connectivity index is 1.52. The van der Waals surface area contributed by atoms with E-state index in [-0.39, 0.29) is 6.10 Å². The topological polar surface area (TPSA) is 140 Å². The first-order chi connectivity index (χ1) is 15.9. The lowest BCUT2D eigenvalue weighted by atomic mass is 9.80. The number of nitrogens with two attached hydrogens (primary N) is 1. The highest BCUT2D eigenvalue weighted by Crippen LogP contribution is 2.30. The second kappa shape index (κ2) is 15.1. The number of alkyl carbamates (subject to hydrolysis) is 1.